The summed E-state index contributed by atoms with van der Waals surface area (Å²) in [5.74, 6) is 0.995. The van der Waals surface area contributed by atoms with Crippen molar-refractivity contribution in [2.24, 2.45) is 0 Å². The second kappa shape index (κ2) is 6.95. The van der Waals surface area contributed by atoms with E-state index < -0.39 is 5.97 Å². The van der Waals surface area contributed by atoms with Crippen LogP contribution in [0.25, 0.3) is 0 Å². The van der Waals surface area contributed by atoms with Crippen LogP contribution in [-0.4, -0.2) is 21.9 Å². The molecule has 0 bridgehead atoms. The summed E-state index contributed by atoms with van der Waals surface area (Å²) in [6.45, 7) is 12.6. The summed E-state index contributed by atoms with van der Waals surface area (Å²) in [7, 11) is 0. The fourth-order valence-electron chi connectivity index (χ4n) is 2.27. The summed E-state index contributed by atoms with van der Waals surface area (Å²) < 4.78 is 0. The lowest BCUT2D eigenvalue weighted by Gasteiger charge is -2.28. The highest BCUT2D eigenvalue weighted by atomic mass is 32.2. The van der Waals surface area contributed by atoms with Crippen molar-refractivity contribution in [3.63, 3.8) is 0 Å². The molecule has 4 heteroatoms. The van der Waals surface area contributed by atoms with Crippen LogP contribution in [0.4, 0.5) is 0 Å². The minimum Gasteiger partial charge on any atom is -0.507 e. The highest BCUT2D eigenvalue weighted by molar-refractivity contribution is 7.98. The molecule has 0 fully saturated rings. The first-order chi connectivity index (χ1) is 9.93. The van der Waals surface area contributed by atoms with E-state index in [1.807, 2.05) is 0 Å². The third kappa shape index (κ3) is 5.24. The van der Waals surface area contributed by atoms with Gasteiger partial charge in [0.05, 0.1) is 6.42 Å². The smallest absolute Gasteiger partial charge is 0.304 e. The van der Waals surface area contributed by atoms with E-state index in [2.05, 4.69) is 53.7 Å². The second-order valence-corrected chi connectivity index (χ2v) is 8.84. The third-order valence-electron chi connectivity index (χ3n) is 3.51. The number of hydrogen-bond donors (Lipinski definition) is 2. The van der Waals surface area contributed by atoms with Crippen LogP contribution < -0.4 is 0 Å². The number of aromatic hydroxyl groups is 1. The highest BCUT2D eigenvalue weighted by Gasteiger charge is 2.26. The molecule has 1 aromatic carbocycles. The number of carbonyl (C=O) groups is 1. The molecular formula is C18H28O3S. The number of phenolic OH excluding ortho intramolecular Hbond substituents is 1. The summed E-state index contributed by atoms with van der Waals surface area (Å²) in [4.78, 5) is 10.6. The minimum atomic E-state index is -0.760. The van der Waals surface area contributed by atoms with Gasteiger partial charge in [-0.2, -0.15) is 11.8 Å². The van der Waals surface area contributed by atoms with Gasteiger partial charge in [0.1, 0.15) is 5.75 Å². The van der Waals surface area contributed by atoms with Crippen molar-refractivity contribution in [2.75, 3.05) is 5.75 Å². The molecule has 2 N–H and O–H groups in total. The molecular weight excluding hydrogens is 296 g/mol. The molecule has 1 rings (SSSR count). The molecule has 0 aliphatic rings. The van der Waals surface area contributed by atoms with Crippen molar-refractivity contribution in [1.82, 2.24) is 0 Å². The van der Waals surface area contributed by atoms with Crippen LogP contribution in [0.3, 0.4) is 0 Å². The van der Waals surface area contributed by atoms with Crippen molar-refractivity contribution in [3.8, 4) is 5.75 Å². The van der Waals surface area contributed by atoms with E-state index in [1.54, 1.807) is 11.8 Å². The highest BCUT2D eigenvalue weighted by Crippen LogP contribution is 2.40. The van der Waals surface area contributed by atoms with E-state index in [4.69, 9.17) is 5.11 Å². The quantitative estimate of drug-likeness (QED) is 0.771. The molecule has 0 unspecified atom stereocenters. The lowest BCUT2D eigenvalue weighted by atomic mass is 9.78. The van der Waals surface area contributed by atoms with Crippen molar-refractivity contribution in [1.29, 1.82) is 0 Å². The summed E-state index contributed by atoms with van der Waals surface area (Å²) in [6, 6.07) is 4.11. The Morgan fingerprint density at radius 1 is 1.05 bits per heavy atom. The van der Waals surface area contributed by atoms with Crippen LogP contribution in [0.15, 0.2) is 12.1 Å². The molecule has 0 heterocycles. The number of benzene rings is 1. The van der Waals surface area contributed by atoms with Crippen molar-refractivity contribution < 1.29 is 15.0 Å². The Morgan fingerprint density at radius 2 is 1.50 bits per heavy atom. The summed E-state index contributed by atoms with van der Waals surface area (Å²) in [6.07, 6.45) is 0.182. The van der Waals surface area contributed by atoms with E-state index in [0.717, 1.165) is 22.4 Å². The number of phenols is 1. The lowest BCUT2D eigenvalue weighted by molar-refractivity contribution is -0.136. The Balaban J connectivity index is 3.10. The molecule has 22 heavy (non-hydrogen) atoms. The molecule has 0 saturated carbocycles. The number of hydrogen-bond acceptors (Lipinski definition) is 3. The molecule has 0 atom stereocenters. The average Bonchev–Trinajstić information content (AvgIpc) is 2.33. The number of aliphatic carboxylic acids is 1. The van der Waals surface area contributed by atoms with Gasteiger partial charge in [-0.15, -0.1) is 0 Å². The molecule has 0 amide bonds. The number of carboxylic acid groups (broad SMARTS) is 1. The van der Waals surface area contributed by atoms with Crippen molar-refractivity contribution in [3.05, 3.63) is 28.8 Å². The molecule has 0 aliphatic carbocycles. The largest absolute Gasteiger partial charge is 0.507 e. The van der Waals surface area contributed by atoms with Crippen LogP contribution >= 0.6 is 11.8 Å². The van der Waals surface area contributed by atoms with Gasteiger partial charge >= 0.3 is 5.97 Å². The van der Waals surface area contributed by atoms with Crippen LogP contribution in [0.2, 0.25) is 0 Å². The average molecular weight is 324 g/mol. The fourth-order valence-corrected chi connectivity index (χ4v) is 3.14. The van der Waals surface area contributed by atoms with Gasteiger partial charge in [0.2, 0.25) is 0 Å². The Hall–Kier alpha value is -1.16. The van der Waals surface area contributed by atoms with E-state index in [0.29, 0.717) is 11.5 Å². The lowest BCUT2D eigenvalue weighted by Crippen LogP contribution is -2.17. The summed E-state index contributed by atoms with van der Waals surface area (Å²) in [5, 5.41) is 19.3. The van der Waals surface area contributed by atoms with E-state index >= 15 is 0 Å². The Labute approximate surface area is 138 Å². The predicted octanol–water partition coefficient (Wildman–Crippen LogP) is 4.70. The zero-order valence-corrected chi connectivity index (χ0v) is 15.3. The van der Waals surface area contributed by atoms with Crippen molar-refractivity contribution in [2.45, 2.75) is 64.5 Å². The van der Waals surface area contributed by atoms with E-state index in [1.165, 1.54) is 0 Å². The first kappa shape index (κ1) is 18.9. The molecule has 3 nitrogen and oxygen atoms in total. The third-order valence-corrected chi connectivity index (χ3v) is 4.54. The van der Waals surface area contributed by atoms with Gasteiger partial charge in [0, 0.05) is 11.5 Å². The van der Waals surface area contributed by atoms with E-state index in [9.17, 15) is 9.90 Å². The van der Waals surface area contributed by atoms with Gasteiger partial charge in [-0.25, -0.2) is 0 Å². The topological polar surface area (TPSA) is 57.5 Å². The van der Waals surface area contributed by atoms with Crippen LogP contribution in [0, 0.1) is 0 Å². The Morgan fingerprint density at radius 3 is 1.86 bits per heavy atom. The van der Waals surface area contributed by atoms with Gasteiger partial charge in [-0.3, -0.25) is 4.79 Å². The zero-order valence-electron chi connectivity index (χ0n) is 14.5. The number of rotatable bonds is 5. The van der Waals surface area contributed by atoms with E-state index in [-0.39, 0.29) is 17.3 Å². The number of thioether (sulfide) groups is 1. The van der Waals surface area contributed by atoms with Gasteiger partial charge in [-0.05, 0) is 27.5 Å². The van der Waals surface area contributed by atoms with Gasteiger partial charge in [-0.1, -0.05) is 53.7 Å². The fraction of sp³-hybridized carbons (Fsp3) is 0.611. The van der Waals surface area contributed by atoms with Crippen LogP contribution in [-0.2, 0) is 21.4 Å². The number of carboxylic acids is 1. The molecule has 0 saturated heterocycles. The Bertz CT molecular complexity index is 501. The first-order valence-electron chi connectivity index (χ1n) is 7.59. The summed E-state index contributed by atoms with van der Waals surface area (Å²) >= 11 is 1.62. The van der Waals surface area contributed by atoms with Gasteiger partial charge < -0.3 is 10.2 Å². The first-order valence-corrected chi connectivity index (χ1v) is 8.75. The normalized spacial score (nSPS) is 12.5. The maximum Gasteiger partial charge on any atom is 0.304 e. The molecule has 0 spiro atoms. The maximum absolute atomic E-state index is 10.6. The Kier molecular flexibility index (Phi) is 5.96. The van der Waals surface area contributed by atoms with Crippen LogP contribution in [0.5, 0.6) is 5.75 Å². The molecule has 124 valence electrons. The monoisotopic (exact) mass is 324 g/mol. The maximum atomic E-state index is 10.6. The zero-order chi connectivity index (χ0) is 17.1. The predicted molar refractivity (Wildman–Crippen MR) is 93.9 cm³/mol. The molecule has 0 aromatic heterocycles. The van der Waals surface area contributed by atoms with Crippen LogP contribution in [0.1, 0.15) is 64.7 Å². The molecule has 0 aliphatic heterocycles. The SMILES string of the molecule is CC(C)(C)c1cc(CSCCC(=O)O)cc(C(C)(C)C)c1O. The van der Waals surface area contributed by atoms with Crippen molar-refractivity contribution >= 4 is 17.7 Å². The summed E-state index contributed by atoms with van der Waals surface area (Å²) in [5.41, 5.74) is 2.78. The minimum absolute atomic E-state index is 0.133. The molecule has 1 aromatic rings. The van der Waals surface area contributed by atoms with Gasteiger partial charge in [0.15, 0.2) is 0 Å². The molecule has 0 radical (unpaired) electrons. The second-order valence-electron chi connectivity index (χ2n) is 7.74. The van der Waals surface area contributed by atoms with Gasteiger partial charge in [0.25, 0.3) is 0 Å². The standard InChI is InChI=1S/C18H28O3S/c1-17(2,3)13-9-12(11-22-8-7-15(19)20)10-14(16(13)21)18(4,5)6/h9-10,21H,7-8,11H2,1-6H3,(H,19,20).